The van der Waals surface area contributed by atoms with Crippen molar-refractivity contribution in [3.63, 3.8) is 0 Å². The number of aryl methyl sites for hydroxylation is 2. The number of hydrogen-bond acceptors (Lipinski definition) is 4. The predicted octanol–water partition coefficient (Wildman–Crippen LogP) is 2.61. The highest BCUT2D eigenvalue weighted by atomic mass is 16.2. The van der Waals surface area contributed by atoms with Crippen molar-refractivity contribution in [1.29, 1.82) is 0 Å². The average molecular weight is 371 g/mol. The standard InChI is InChI=1S/C20H25N3O4/c1-12-8-9-15(10-14(12)3)21-17(24)11-22-18(25)19(26)23(20(22)27)16-7-5-4-6-13(16)2/h8-10,13,16H,4-7,11H2,1-3H3,(H,21,24)/t13-,16+/m0/s1. The van der Waals surface area contributed by atoms with Crippen LogP contribution in [0, 0.1) is 19.8 Å². The minimum atomic E-state index is -0.923. The fourth-order valence-electron chi connectivity index (χ4n) is 3.80. The Morgan fingerprint density at radius 3 is 2.44 bits per heavy atom. The van der Waals surface area contributed by atoms with E-state index in [4.69, 9.17) is 0 Å². The van der Waals surface area contributed by atoms with Crippen LogP contribution in [0.15, 0.2) is 18.2 Å². The van der Waals surface area contributed by atoms with Crippen molar-refractivity contribution in [3.05, 3.63) is 29.3 Å². The molecule has 1 heterocycles. The van der Waals surface area contributed by atoms with Gasteiger partial charge in [0.25, 0.3) is 0 Å². The summed E-state index contributed by atoms with van der Waals surface area (Å²) in [5.41, 5.74) is 2.71. The van der Waals surface area contributed by atoms with Crippen molar-refractivity contribution < 1.29 is 19.2 Å². The van der Waals surface area contributed by atoms with Crippen LogP contribution >= 0.6 is 0 Å². The van der Waals surface area contributed by atoms with Gasteiger partial charge >= 0.3 is 17.8 Å². The molecule has 1 N–H and O–H groups in total. The Morgan fingerprint density at radius 2 is 1.78 bits per heavy atom. The first-order valence-corrected chi connectivity index (χ1v) is 9.35. The first-order chi connectivity index (χ1) is 12.8. The van der Waals surface area contributed by atoms with E-state index in [-0.39, 0.29) is 12.0 Å². The fraction of sp³-hybridized carbons (Fsp3) is 0.500. The van der Waals surface area contributed by atoms with Crippen molar-refractivity contribution in [2.24, 2.45) is 5.92 Å². The van der Waals surface area contributed by atoms with Gasteiger partial charge in [0.1, 0.15) is 6.54 Å². The first-order valence-electron chi connectivity index (χ1n) is 9.35. The molecule has 27 heavy (non-hydrogen) atoms. The summed E-state index contributed by atoms with van der Waals surface area (Å²) >= 11 is 0. The van der Waals surface area contributed by atoms with E-state index in [1.807, 2.05) is 32.9 Å². The molecular weight excluding hydrogens is 346 g/mol. The van der Waals surface area contributed by atoms with E-state index in [0.29, 0.717) is 12.1 Å². The minimum Gasteiger partial charge on any atom is -0.325 e. The van der Waals surface area contributed by atoms with E-state index in [0.717, 1.165) is 40.2 Å². The number of hydrogen-bond donors (Lipinski definition) is 1. The second-order valence-electron chi connectivity index (χ2n) is 7.53. The van der Waals surface area contributed by atoms with Crippen LogP contribution in [-0.2, 0) is 14.4 Å². The maximum atomic E-state index is 12.7. The van der Waals surface area contributed by atoms with Gasteiger partial charge in [-0.15, -0.1) is 0 Å². The lowest BCUT2D eigenvalue weighted by Crippen LogP contribution is -2.46. The van der Waals surface area contributed by atoms with Gasteiger partial charge < -0.3 is 5.32 Å². The van der Waals surface area contributed by atoms with Crippen LogP contribution in [0.3, 0.4) is 0 Å². The Balaban J connectivity index is 1.70. The quantitative estimate of drug-likeness (QED) is 0.651. The summed E-state index contributed by atoms with van der Waals surface area (Å²) in [4.78, 5) is 51.5. The molecule has 0 bridgehead atoms. The average Bonchev–Trinajstić information content (AvgIpc) is 2.82. The van der Waals surface area contributed by atoms with Crippen molar-refractivity contribution in [1.82, 2.24) is 9.80 Å². The maximum Gasteiger partial charge on any atom is 0.334 e. The zero-order chi connectivity index (χ0) is 19.7. The van der Waals surface area contributed by atoms with Crippen LogP contribution in [0.2, 0.25) is 0 Å². The Bertz CT molecular complexity index is 804. The molecule has 0 radical (unpaired) electrons. The lowest BCUT2D eigenvalue weighted by atomic mass is 9.85. The van der Waals surface area contributed by atoms with E-state index in [1.54, 1.807) is 6.07 Å². The summed E-state index contributed by atoms with van der Waals surface area (Å²) in [6.45, 7) is 5.42. The molecule has 0 unspecified atom stereocenters. The van der Waals surface area contributed by atoms with Gasteiger partial charge in [-0.25, -0.2) is 9.69 Å². The number of amides is 5. The number of carbonyl (C=O) groups is 4. The molecular formula is C20H25N3O4. The molecule has 1 aromatic rings. The van der Waals surface area contributed by atoms with E-state index in [2.05, 4.69) is 5.32 Å². The molecule has 3 rings (SSSR count). The second kappa shape index (κ2) is 7.50. The monoisotopic (exact) mass is 371 g/mol. The Morgan fingerprint density at radius 1 is 1.07 bits per heavy atom. The Labute approximate surface area is 158 Å². The molecule has 7 heteroatoms. The number of anilines is 1. The predicted molar refractivity (Wildman–Crippen MR) is 99.9 cm³/mol. The molecule has 5 amide bonds. The lowest BCUT2D eigenvalue weighted by Gasteiger charge is -2.34. The molecule has 1 saturated heterocycles. The van der Waals surface area contributed by atoms with Crippen LogP contribution in [0.5, 0.6) is 0 Å². The Hall–Kier alpha value is -2.70. The fourth-order valence-corrected chi connectivity index (χ4v) is 3.80. The summed E-state index contributed by atoms with van der Waals surface area (Å²) in [6.07, 6.45) is 3.61. The largest absolute Gasteiger partial charge is 0.334 e. The van der Waals surface area contributed by atoms with Gasteiger partial charge in [0.2, 0.25) is 5.91 Å². The molecule has 1 aromatic carbocycles. The zero-order valence-corrected chi connectivity index (χ0v) is 15.9. The molecule has 0 aromatic heterocycles. The van der Waals surface area contributed by atoms with Crippen LogP contribution < -0.4 is 5.32 Å². The van der Waals surface area contributed by atoms with Gasteiger partial charge in [-0.2, -0.15) is 0 Å². The van der Waals surface area contributed by atoms with Crippen molar-refractivity contribution in [3.8, 4) is 0 Å². The molecule has 1 saturated carbocycles. The number of urea groups is 1. The molecule has 1 aliphatic carbocycles. The maximum absolute atomic E-state index is 12.7. The molecule has 2 atom stereocenters. The SMILES string of the molecule is Cc1ccc(NC(=O)CN2C(=O)C(=O)N([C@@H]3CCCC[C@@H]3C)C2=O)cc1C. The number of nitrogens with zero attached hydrogens (tertiary/aromatic N) is 2. The summed E-state index contributed by atoms with van der Waals surface area (Å²) in [5.74, 6) is -2.10. The third kappa shape index (κ3) is 3.72. The minimum absolute atomic E-state index is 0.156. The number of imide groups is 2. The van der Waals surface area contributed by atoms with Gasteiger partial charge in [0.05, 0.1) is 0 Å². The van der Waals surface area contributed by atoms with Crippen LogP contribution in [0.1, 0.15) is 43.7 Å². The zero-order valence-electron chi connectivity index (χ0n) is 15.9. The summed E-state index contributed by atoms with van der Waals surface area (Å²) in [5, 5.41) is 2.68. The van der Waals surface area contributed by atoms with E-state index in [9.17, 15) is 19.2 Å². The van der Waals surface area contributed by atoms with Crippen LogP contribution in [-0.4, -0.2) is 46.1 Å². The number of benzene rings is 1. The Kier molecular flexibility index (Phi) is 5.30. The molecule has 2 aliphatic rings. The third-order valence-electron chi connectivity index (χ3n) is 5.57. The molecule has 0 spiro atoms. The highest BCUT2D eigenvalue weighted by Gasteiger charge is 2.49. The van der Waals surface area contributed by atoms with Crippen molar-refractivity contribution >= 4 is 29.4 Å². The van der Waals surface area contributed by atoms with Crippen molar-refractivity contribution in [2.75, 3.05) is 11.9 Å². The normalized spacial score (nSPS) is 23.1. The smallest absolute Gasteiger partial charge is 0.325 e. The van der Waals surface area contributed by atoms with Crippen LogP contribution in [0.4, 0.5) is 10.5 Å². The third-order valence-corrected chi connectivity index (χ3v) is 5.57. The molecule has 144 valence electrons. The van der Waals surface area contributed by atoms with E-state index in [1.165, 1.54) is 0 Å². The second-order valence-corrected chi connectivity index (χ2v) is 7.53. The molecule has 2 fully saturated rings. The van der Waals surface area contributed by atoms with Gasteiger partial charge in [0.15, 0.2) is 0 Å². The lowest BCUT2D eigenvalue weighted by molar-refractivity contribution is -0.145. The van der Waals surface area contributed by atoms with E-state index >= 15 is 0 Å². The van der Waals surface area contributed by atoms with E-state index < -0.39 is 30.3 Å². The highest BCUT2D eigenvalue weighted by Crippen LogP contribution is 2.31. The summed E-state index contributed by atoms with van der Waals surface area (Å²) in [7, 11) is 0. The van der Waals surface area contributed by atoms with Crippen molar-refractivity contribution in [2.45, 2.75) is 52.5 Å². The van der Waals surface area contributed by atoms with Gasteiger partial charge in [-0.05, 0) is 55.9 Å². The summed E-state index contributed by atoms with van der Waals surface area (Å²) in [6, 6.07) is 4.51. The van der Waals surface area contributed by atoms with Gasteiger partial charge in [-0.3, -0.25) is 19.3 Å². The number of carbonyl (C=O) groups excluding carboxylic acids is 4. The molecule has 1 aliphatic heterocycles. The topological polar surface area (TPSA) is 86.8 Å². The number of nitrogens with one attached hydrogen (secondary N) is 1. The van der Waals surface area contributed by atoms with Gasteiger partial charge in [0, 0.05) is 11.7 Å². The van der Waals surface area contributed by atoms with Crippen LogP contribution in [0.25, 0.3) is 0 Å². The molecule has 7 nitrogen and oxygen atoms in total. The first kappa shape index (κ1) is 19.1. The summed E-state index contributed by atoms with van der Waals surface area (Å²) < 4.78 is 0. The highest BCUT2D eigenvalue weighted by molar-refractivity contribution is 6.45. The number of rotatable bonds is 4. The van der Waals surface area contributed by atoms with Gasteiger partial charge in [-0.1, -0.05) is 25.8 Å².